The second-order valence-corrected chi connectivity index (χ2v) is 3.17. The number of aliphatic hydroxyl groups excluding tert-OH is 1. The molecule has 1 N–H and O–H groups in total. The lowest BCUT2D eigenvalue weighted by atomic mass is 9.94. The highest BCUT2D eigenvalue weighted by Crippen LogP contribution is 2.22. The lowest BCUT2D eigenvalue weighted by Crippen LogP contribution is -1.97. The molecule has 0 radical (unpaired) electrons. The smallest absolute Gasteiger partial charge is 0.0684 e. The molecule has 0 spiro atoms. The summed E-state index contributed by atoms with van der Waals surface area (Å²) in [6.07, 6.45) is 1.12. The van der Waals surface area contributed by atoms with Gasteiger partial charge >= 0.3 is 0 Å². The average Bonchev–Trinajstić information content (AvgIpc) is 2.16. The predicted molar refractivity (Wildman–Crippen MR) is 51.1 cm³/mol. The maximum atomic E-state index is 9.06. The highest BCUT2D eigenvalue weighted by molar-refractivity contribution is 5.29. The summed E-state index contributed by atoms with van der Waals surface area (Å²) in [5.41, 5.74) is 2.34. The van der Waals surface area contributed by atoms with Gasteiger partial charge < -0.3 is 5.11 Å². The van der Waals surface area contributed by atoms with E-state index in [-0.39, 0.29) is 6.61 Å². The molecule has 1 rings (SSSR count). The zero-order valence-corrected chi connectivity index (χ0v) is 7.75. The van der Waals surface area contributed by atoms with Crippen LogP contribution < -0.4 is 0 Å². The van der Waals surface area contributed by atoms with Crippen LogP contribution in [0.4, 0.5) is 0 Å². The van der Waals surface area contributed by atoms with Gasteiger partial charge in [-0.25, -0.2) is 0 Å². The molecule has 66 valence electrons. The zero-order valence-electron chi connectivity index (χ0n) is 7.75. The highest BCUT2D eigenvalue weighted by Gasteiger charge is 2.06. The van der Waals surface area contributed by atoms with Crippen LogP contribution in [0.5, 0.6) is 0 Å². The number of hydrogen-bond donors (Lipinski definition) is 1. The van der Waals surface area contributed by atoms with E-state index in [2.05, 4.69) is 19.9 Å². The molecule has 0 aliphatic carbocycles. The summed E-state index contributed by atoms with van der Waals surface area (Å²) in [6, 6.07) is 8.08. The van der Waals surface area contributed by atoms with E-state index >= 15 is 0 Å². The van der Waals surface area contributed by atoms with Gasteiger partial charge in [0, 0.05) is 0 Å². The first kappa shape index (κ1) is 9.27. The molecular weight excluding hydrogens is 148 g/mol. The Balaban J connectivity index is 2.96. The van der Waals surface area contributed by atoms with Crippen LogP contribution in [0.15, 0.2) is 24.3 Å². The van der Waals surface area contributed by atoms with Crippen molar-refractivity contribution in [3.05, 3.63) is 35.4 Å². The van der Waals surface area contributed by atoms with Crippen molar-refractivity contribution in [3.63, 3.8) is 0 Å². The Labute approximate surface area is 74.1 Å². The molecule has 0 fully saturated rings. The first-order valence-electron chi connectivity index (χ1n) is 4.48. The fourth-order valence-corrected chi connectivity index (χ4v) is 1.38. The third-order valence-corrected chi connectivity index (χ3v) is 2.37. The van der Waals surface area contributed by atoms with E-state index < -0.39 is 0 Å². The van der Waals surface area contributed by atoms with Gasteiger partial charge in [0.15, 0.2) is 0 Å². The van der Waals surface area contributed by atoms with Crippen LogP contribution in [0.2, 0.25) is 0 Å². The standard InChI is InChI=1S/C11H16O/c1-3-9(2)11-7-5-4-6-10(11)8-12/h4-7,9,12H,3,8H2,1-2H3. The van der Waals surface area contributed by atoms with Gasteiger partial charge in [-0.2, -0.15) is 0 Å². The van der Waals surface area contributed by atoms with E-state index in [1.54, 1.807) is 0 Å². The second-order valence-electron chi connectivity index (χ2n) is 3.17. The SMILES string of the molecule is CCC(C)c1ccccc1CO. The van der Waals surface area contributed by atoms with Gasteiger partial charge in [0.25, 0.3) is 0 Å². The molecule has 0 aromatic heterocycles. The number of aliphatic hydroxyl groups is 1. The molecule has 0 aliphatic rings. The lowest BCUT2D eigenvalue weighted by molar-refractivity contribution is 0.280. The van der Waals surface area contributed by atoms with E-state index in [1.165, 1.54) is 5.56 Å². The zero-order chi connectivity index (χ0) is 8.97. The minimum Gasteiger partial charge on any atom is -0.392 e. The van der Waals surface area contributed by atoms with Crippen LogP contribution in [0.3, 0.4) is 0 Å². The van der Waals surface area contributed by atoms with Crippen molar-refractivity contribution < 1.29 is 5.11 Å². The van der Waals surface area contributed by atoms with E-state index in [0.29, 0.717) is 5.92 Å². The van der Waals surface area contributed by atoms with E-state index in [1.807, 2.05) is 18.2 Å². The van der Waals surface area contributed by atoms with Crippen LogP contribution in [0.25, 0.3) is 0 Å². The summed E-state index contributed by atoms with van der Waals surface area (Å²) in [5, 5.41) is 9.06. The molecule has 1 atom stereocenters. The largest absolute Gasteiger partial charge is 0.392 e. The quantitative estimate of drug-likeness (QED) is 0.728. The second kappa shape index (κ2) is 4.27. The van der Waals surface area contributed by atoms with Crippen molar-refractivity contribution in [2.45, 2.75) is 32.8 Å². The van der Waals surface area contributed by atoms with E-state index in [0.717, 1.165) is 12.0 Å². The Morgan fingerprint density at radius 1 is 1.33 bits per heavy atom. The van der Waals surface area contributed by atoms with Crippen LogP contribution in [0.1, 0.15) is 37.3 Å². The predicted octanol–water partition coefficient (Wildman–Crippen LogP) is 2.69. The Morgan fingerprint density at radius 3 is 2.58 bits per heavy atom. The lowest BCUT2D eigenvalue weighted by Gasteiger charge is -2.12. The normalized spacial score (nSPS) is 12.9. The molecule has 0 saturated carbocycles. The van der Waals surface area contributed by atoms with Gasteiger partial charge in [-0.1, -0.05) is 38.1 Å². The summed E-state index contributed by atoms with van der Waals surface area (Å²) in [5.74, 6) is 0.549. The van der Waals surface area contributed by atoms with Crippen molar-refractivity contribution in [2.24, 2.45) is 0 Å². The molecule has 1 aromatic carbocycles. The van der Waals surface area contributed by atoms with Gasteiger partial charge in [0.2, 0.25) is 0 Å². The van der Waals surface area contributed by atoms with Crippen molar-refractivity contribution in [3.8, 4) is 0 Å². The molecule has 0 saturated heterocycles. The number of benzene rings is 1. The topological polar surface area (TPSA) is 20.2 Å². The molecule has 0 amide bonds. The Hall–Kier alpha value is -0.820. The molecular formula is C11H16O. The van der Waals surface area contributed by atoms with Crippen molar-refractivity contribution in [1.29, 1.82) is 0 Å². The molecule has 0 heterocycles. The first-order valence-corrected chi connectivity index (χ1v) is 4.48. The molecule has 1 aromatic rings. The summed E-state index contributed by atoms with van der Waals surface area (Å²) >= 11 is 0. The monoisotopic (exact) mass is 164 g/mol. The van der Waals surface area contributed by atoms with Gasteiger partial charge in [-0.05, 0) is 23.5 Å². The number of rotatable bonds is 3. The van der Waals surface area contributed by atoms with Gasteiger partial charge in [-0.15, -0.1) is 0 Å². The van der Waals surface area contributed by atoms with Crippen molar-refractivity contribution in [1.82, 2.24) is 0 Å². The van der Waals surface area contributed by atoms with E-state index in [4.69, 9.17) is 5.11 Å². The third-order valence-electron chi connectivity index (χ3n) is 2.37. The molecule has 0 bridgehead atoms. The first-order chi connectivity index (χ1) is 5.79. The molecule has 1 nitrogen and oxygen atoms in total. The van der Waals surface area contributed by atoms with Crippen molar-refractivity contribution in [2.75, 3.05) is 0 Å². The Kier molecular flexibility index (Phi) is 3.30. The number of hydrogen-bond acceptors (Lipinski definition) is 1. The van der Waals surface area contributed by atoms with Crippen LogP contribution >= 0.6 is 0 Å². The summed E-state index contributed by atoms with van der Waals surface area (Å²) in [4.78, 5) is 0. The average molecular weight is 164 g/mol. The molecule has 1 heteroatoms. The Bertz CT molecular complexity index is 243. The third kappa shape index (κ3) is 1.86. The van der Waals surface area contributed by atoms with Gasteiger partial charge in [0.1, 0.15) is 0 Å². The fourth-order valence-electron chi connectivity index (χ4n) is 1.38. The van der Waals surface area contributed by atoms with Crippen LogP contribution in [-0.2, 0) is 6.61 Å². The molecule has 1 unspecified atom stereocenters. The summed E-state index contributed by atoms with van der Waals surface area (Å²) < 4.78 is 0. The summed E-state index contributed by atoms with van der Waals surface area (Å²) in [6.45, 7) is 4.51. The van der Waals surface area contributed by atoms with Crippen LogP contribution in [-0.4, -0.2) is 5.11 Å². The van der Waals surface area contributed by atoms with Crippen molar-refractivity contribution >= 4 is 0 Å². The minimum atomic E-state index is 0.153. The van der Waals surface area contributed by atoms with Crippen LogP contribution in [0, 0.1) is 0 Å². The van der Waals surface area contributed by atoms with Gasteiger partial charge in [-0.3, -0.25) is 0 Å². The van der Waals surface area contributed by atoms with Gasteiger partial charge in [0.05, 0.1) is 6.61 Å². The summed E-state index contributed by atoms with van der Waals surface area (Å²) in [7, 11) is 0. The van der Waals surface area contributed by atoms with E-state index in [9.17, 15) is 0 Å². The molecule has 12 heavy (non-hydrogen) atoms. The maximum Gasteiger partial charge on any atom is 0.0684 e. The minimum absolute atomic E-state index is 0.153. The Morgan fingerprint density at radius 2 is 2.00 bits per heavy atom. The highest BCUT2D eigenvalue weighted by atomic mass is 16.3. The fraction of sp³-hybridized carbons (Fsp3) is 0.455. The maximum absolute atomic E-state index is 9.06. The molecule has 0 aliphatic heterocycles.